The molecule has 0 radical (unpaired) electrons. The summed E-state index contributed by atoms with van der Waals surface area (Å²) >= 11 is 0. The van der Waals surface area contributed by atoms with E-state index in [9.17, 15) is 0 Å². The second-order valence-corrected chi connectivity index (χ2v) is 7.58. The van der Waals surface area contributed by atoms with Gasteiger partial charge in [0.05, 0.1) is 30.2 Å². The fraction of sp³-hybridized carbons (Fsp3) is 0.111. The molecule has 3 aromatic carbocycles. The van der Waals surface area contributed by atoms with Crippen molar-refractivity contribution in [3.05, 3.63) is 95.7 Å². The monoisotopic (exact) mass is 422 g/mol. The Balaban J connectivity index is 1.63. The van der Waals surface area contributed by atoms with Crippen molar-refractivity contribution in [2.24, 2.45) is 5.10 Å². The Morgan fingerprint density at radius 1 is 0.875 bits per heavy atom. The van der Waals surface area contributed by atoms with Crippen LogP contribution in [0.2, 0.25) is 0 Å². The van der Waals surface area contributed by atoms with E-state index in [0.717, 1.165) is 44.8 Å². The summed E-state index contributed by atoms with van der Waals surface area (Å²) in [7, 11) is 5.71. The average Bonchev–Trinajstić information content (AvgIpc) is 2.83. The number of aromatic nitrogens is 1. The first-order chi connectivity index (χ1) is 15.6. The third-order valence-electron chi connectivity index (χ3n) is 5.09. The Morgan fingerprint density at radius 3 is 2.38 bits per heavy atom. The van der Waals surface area contributed by atoms with Gasteiger partial charge in [0.25, 0.3) is 0 Å². The molecule has 1 N–H and O–H groups in total. The van der Waals surface area contributed by atoms with Crippen LogP contribution in [-0.4, -0.2) is 32.4 Å². The van der Waals surface area contributed by atoms with Crippen molar-refractivity contribution in [3.8, 4) is 5.75 Å². The fourth-order valence-corrected chi connectivity index (χ4v) is 3.31. The second kappa shape index (κ2) is 9.79. The van der Waals surface area contributed by atoms with Gasteiger partial charge in [-0.05, 0) is 53.6 Å². The molecular formula is C27H26N4O. The summed E-state index contributed by atoms with van der Waals surface area (Å²) in [5, 5.41) is 5.42. The maximum atomic E-state index is 5.41. The second-order valence-electron chi connectivity index (χ2n) is 7.58. The highest BCUT2D eigenvalue weighted by Crippen LogP contribution is 2.28. The molecule has 0 fully saturated rings. The molecule has 0 bridgehead atoms. The largest absolute Gasteiger partial charge is 0.497 e. The van der Waals surface area contributed by atoms with Crippen molar-refractivity contribution in [1.29, 1.82) is 0 Å². The van der Waals surface area contributed by atoms with Gasteiger partial charge in [-0.1, -0.05) is 48.5 Å². The third kappa shape index (κ3) is 5.13. The lowest BCUT2D eigenvalue weighted by Crippen LogP contribution is -2.08. The molecule has 5 nitrogen and oxygen atoms in total. The summed E-state index contributed by atoms with van der Waals surface area (Å²) in [5.74, 6) is 0.776. The number of methoxy groups -OCH3 is 1. The van der Waals surface area contributed by atoms with E-state index in [4.69, 9.17) is 9.72 Å². The van der Waals surface area contributed by atoms with Gasteiger partial charge in [-0.15, -0.1) is 0 Å². The summed E-state index contributed by atoms with van der Waals surface area (Å²) in [6.07, 6.45) is 5.87. The Labute approximate surface area is 188 Å². The molecule has 4 aromatic rings. The molecule has 0 aliphatic carbocycles. The van der Waals surface area contributed by atoms with Crippen molar-refractivity contribution in [2.45, 2.75) is 0 Å². The number of fused-ring (bicyclic) bond motifs is 1. The Bertz CT molecular complexity index is 1250. The van der Waals surface area contributed by atoms with E-state index < -0.39 is 0 Å². The number of pyridine rings is 1. The van der Waals surface area contributed by atoms with E-state index in [1.807, 2.05) is 81.0 Å². The van der Waals surface area contributed by atoms with Crippen LogP contribution < -0.4 is 15.1 Å². The van der Waals surface area contributed by atoms with Gasteiger partial charge in [0.2, 0.25) is 0 Å². The minimum Gasteiger partial charge on any atom is -0.497 e. The van der Waals surface area contributed by atoms with E-state index in [-0.39, 0.29) is 0 Å². The summed E-state index contributed by atoms with van der Waals surface area (Å²) in [6.45, 7) is 0. The summed E-state index contributed by atoms with van der Waals surface area (Å²) < 4.78 is 5.41. The molecule has 32 heavy (non-hydrogen) atoms. The first-order valence-electron chi connectivity index (χ1n) is 10.4. The van der Waals surface area contributed by atoms with E-state index in [2.05, 4.69) is 45.8 Å². The molecule has 1 aromatic heterocycles. The van der Waals surface area contributed by atoms with E-state index >= 15 is 0 Å². The molecule has 5 heteroatoms. The van der Waals surface area contributed by atoms with E-state index in [1.165, 1.54) is 0 Å². The zero-order valence-electron chi connectivity index (χ0n) is 18.5. The molecule has 0 unspecified atom stereocenters. The molecular weight excluding hydrogens is 396 g/mol. The van der Waals surface area contributed by atoms with Crippen LogP contribution in [0.15, 0.2) is 84.0 Å². The molecule has 0 atom stereocenters. The molecule has 160 valence electrons. The number of rotatable bonds is 7. The highest BCUT2D eigenvalue weighted by molar-refractivity contribution is 5.94. The van der Waals surface area contributed by atoms with Crippen molar-refractivity contribution in [3.63, 3.8) is 0 Å². The zero-order valence-corrected chi connectivity index (χ0v) is 18.5. The highest BCUT2D eigenvalue weighted by atomic mass is 16.5. The number of anilines is 2. The summed E-state index contributed by atoms with van der Waals surface area (Å²) in [6, 6.07) is 26.2. The minimum absolute atomic E-state index is 0.776. The predicted octanol–water partition coefficient (Wildman–Crippen LogP) is 5.93. The number of nitrogens with one attached hydrogen (secondary N) is 1. The smallest absolute Gasteiger partial charge is 0.119 e. The van der Waals surface area contributed by atoms with Crippen molar-refractivity contribution in [2.75, 3.05) is 31.5 Å². The van der Waals surface area contributed by atoms with Crippen LogP contribution in [0.4, 0.5) is 11.4 Å². The predicted molar refractivity (Wildman–Crippen MR) is 136 cm³/mol. The Hall–Kier alpha value is -4.12. The molecule has 0 amide bonds. The van der Waals surface area contributed by atoms with Crippen molar-refractivity contribution < 1.29 is 4.74 Å². The number of nitrogens with zero attached hydrogens (tertiary/aromatic N) is 3. The molecule has 4 rings (SSSR count). The zero-order chi connectivity index (χ0) is 22.3. The summed E-state index contributed by atoms with van der Waals surface area (Å²) in [5.41, 5.74) is 9.06. The maximum absolute atomic E-state index is 5.41. The van der Waals surface area contributed by atoms with Gasteiger partial charge < -0.3 is 9.64 Å². The van der Waals surface area contributed by atoms with Gasteiger partial charge in [-0.25, -0.2) is 4.98 Å². The summed E-state index contributed by atoms with van der Waals surface area (Å²) in [4.78, 5) is 6.85. The normalized spacial score (nSPS) is 11.3. The van der Waals surface area contributed by atoms with Gasteiger partial charge in [0.1, 0.15) is 5.75 Å². The maximum Gasteiger partial charge on any atom is 0.119 e. The molecule has 0 spiro atoms. The third-order valence-corrected chi connectivity index (χ3v) is 5.09. The first kappa shape index (κ1) is 21.1. The van der Waals surface area contributed by atoms with Gasteiger partial charge in [0.15, 0.2) is 0 Å². The molecule has 0 saturated heterocycles. The Kier molecular flexibility index (Phi) is 6.46. The number of ether oxygens (including phenoxy) is 1. The lowest BCUT2D eigenvalue weighted by molar-refractivity contribution is 0.415. The van der Waals surface area contributed by atoms with Crippen LogP contribution in [0.25, 0.3) is 23.1 Å². The van der Waals surface area contributed by atoms with E-state index in [0.29, 0.717) is 0 Å². The van der Waals surface area contributed by atoms with Gasteiger partial charge in [0, 0.05) is 25.2 Å². The topological polar surface area (TPSA) is 49.8 Å². The van der Waals surface area contributed by atoms with Crippen LogP contribution in [-0.2, 0) is 0 Å². The lowest BCUT2D eigenvalue weighted by Gasteiger charge is -2.11. The van der Waals surface area contributed by atoms with Crippen LogP contribution in [0.1, 0.15) is 16.8 Å². The minimum atomic E-state index is 0.776. The highest BCUT2D eigenvalue weighted by Gasteiger charge is 2.06. The SMILES string of the molecule is COc1ccc2nc(/C=C/c3ccccc3)cc(N/N=C/c3ccc(N(C)C)cc3)c2c1. The number of hydrogen-bond acceptors (Lipinski definition) is 5. The van der Waals surface area contributed by atoms with Gasteiger partial charge in [-0.3, -0.25) is 5.43 Å². The number of benzene rings is 3. The van der Waals surface area contributed by atoms with Crippen LogP contribution >= 0.6 is 0 Å². The number of hydrogen-bond donors (Lipinski definition) is 1. The Morgan fingerprint density at radius 2 is 1.66 bits per heavy atom. The molecule has 1 heterocycles. The van der Waals surface area contributed by atoms with E-state index in [1.54, 1.807) is 7.11 Å². The quantitative estimate of drug-likeness (QED) is 0.296. The van der Waals surface area contributed by atoms with Crippen LogP contribution in [0.3, 0.4) is 0 Å². The molecule has 0 saturated carbocycles. The van der Waals surface area contributed by atoms with Crippen LogP contribution in [0.5, 0.6) is 5.75 Å². The van der Waals surface area contributed by atoms with Gasteiger partial charge in [-0.2, -0.15) is 5.10 Å². The molecule has 0 aliphatic heterocycles. The van der Waals surface area contributed by atoms with Crippen molar-refractivity contribution in [1.82, 2.24) is 4.98 Å². The standard InChI is InChI=1S/C27H26N4O/c1-31(2)23-13-10-21(11-14-23)19-28-30-27-17-22(12-9-20-7-5-4-6-8-20)29-26-16-15-24(32-3)18-25(26)27/h4-19H,1-3H3,(H,29,30)/b12-9+,28-19+. The van der Waals surface area contributed by atoms with Gasteiger partial charge >= 0.3 is 0 Å². The number of hydrazone groups is 1. The first-order valence-corrected chi connectivity index (χ1v) is 10.4. The average molecular weight is 423 g/mol. The van der Waals surface area contributed by atoms with Crippen LogP contribution in [0, 0.1) is 0 Å². The molecule has 0 aliphatic rings. The fourth-order valence-electron chi connectivity index (χ4n) is 3.31. The lowest BCUT2D eigenvalue weighted by atomic mass is 10.1. The van der Waals surface area contributed by atoms with Crippen molar-refractivity contribution >= 4 is 40.6 Å².